The van der Waals surface area contributed by atoms with Crippen molar-refractivity contribution in [1.29, 1.82) is 0 Å². The van der Waals surface area contributed by atoms with Gasteiger partial charge in [0.1, 0.15) is 0 Å². The van der Waals surface area contributed by atoms with E-state index in [0.717, 1.165) is 16.8 Å². The molecule has 0 radical (unpaired) electrons. The molecule has 5 heteroatoms. The third kappa shape index (κ3) is 5.53. The Hall–Kier alpha value is -3.44. The summed E-state index contributed by atoms with van der Waals surface area (Å²) in [5.74, 6) is -0.883. The SMILES string of the molecule is Cc1cccc(N(Cc2ccccc2)C(=O)COC(=O)c2ccc(CO)cc2)c1. The zero-order valence-electron chi connectivity index (χ0n) is 16.2. The molecular formula is C24H23NO4. The van der Waals surface area contributed by atoms with Crippen molar-refractivity contribution in [2.75, 3.05) is 11.5 Å². The number of carbonyl (C=O) groups is 2. The summed E-state index contributed by atoms with van der Waals surface area (Å²) in [6, 6.07) is 23.7. The number of aliphatic hydroxyl groups is 1. The third-order valence-corrected chi connectivity index (χ3v) is 4.50. The van der Waals surface area contributed by atoms with Crippen LogP contribution in [0.25, 0.3) is 0 Å². The number of benzene rings is 3. The van der Waals surface area contributed by atoms with Crippen LogP contribution in [0, 0.1) is 6.92 Å². The summed E-state index contributed by atoms with van der Waals surface area (Å²) >= 11 is 0. The Kier molecular flexibility index (Phi) is 6.76. The van der Waals surface area contributed by atoms with Gasteiger partial charge in [0.05, 0.1) is 18.7 Å². The average molecular weight is 389 g/mol. The topological polar surface area (TPSA) is 66.8 Å². The van der Waals surface area contributed by atoms with Crippen LogP contribution in [0.15, 0.2) is 78.9 Å². The van der Waals surface area contributed by atoms with E-state index in [2.05, 4.69) is 0 Å². The van der Waals surface area contributed by atoms with Gasteiger partial charge in [0.2, 0.25) is 0 Å². The fourth-order valence-electron chi connectivity index (χ4n) is 2.92. The van der Waals surface area contributed by atoms with Gasteiger partial charge in [0.25, 0.3) is 5.91 Å². The Labute approximate surface area is 170 Å². The van der Waals surface area contributed by atoms with Gasteiger partial charge in [-0.3, -0.25) is 4.79 Å². The first kappa shape index (κ1) is 20.3. The van der Waals surface area contributed by atoms with E-state index in [1.54, 1.807) is 29.2 Å². The standard InChI is InChI=1S/C24H23NO4/c1-18-6-5-9-22(14-18)25(15-19-7-3-2-4-8-19)23(27)17-29-24(28)21-12-10-20(16-26)11-13-21/h2-14,26H,15-17H2,1H3. The maximum Gasteiger partial charge on any atom is 0.338 e. The molecular weight excluding hydrogens is 366 g/mol. The van der Waals surface area contributed by atoms with Gasteiger partial charge in [-0.15, -0.1) is 0 Å². The molecule has 0 spiro atoms. The number of nitrogens with zero attached hydrogens (tertiary/aromatic N) is 1. The zero-order valence-corrected chi connectivity index (χ0v) is 16.2. The molecule has 29 heavy (non-hydrogen) atoms. The number of aryl methyl sites for hydroxylation is 1. The van der Waals surface area contributed by atoms with Crippen LogP contribution in [-0.4, -0.2) is 23.6 Å². The molecule has 5 nitrogen and oxygen atoms in total. The first-order valence-electron chi connectivity index (χ1n) is 9.34. The van der Waals surface area contributed by atoms with Crippen molar-refractivity contribution >= 4 is 17.6 Å². The van der Waals surface area contributed by atoms with E-state index in [-0.39, 0.29) is 19.1 Å². The third-order valence-electron chi connectivity index (χ3n) is 4.50. The second kappa shape index (κ2) is 9.66. The van der Waals surface area contributed by atoms with Gasteiger partial charge in [-0.1, -0.05) is 54.6 Å². The smallest absolute Gasteiger partial charge is 0.338 e. The second-order valence-electron chi connectivity index (χ2n) is 6.74. The van der Waals surface area contributed by atoms with Crippen LogP contribution >= 0.6 is 0 Å². The Morgan fingerprint density at radius 3 is 2.28 bits per heavy atom. The molecule has 0 saturated carbocycles. The fraction of sp³-hybridized carbons (Fsp3) is 0.167. The predicted octanol–water partition coefficient (Wildman–Crippen LogP) is 3.88. The lowest BCUT2D eigenvalue weighted by Gasteiger charge is -2.23. The van der Waals surface area contributed by atoms with Crippen molar-refractivity contribution in [2.24, 2.45) is 0 Å². The molecule has 0 aromatic heterocycles. The number of ether oxygens (including phenoxy) is 1. The Morgan fingerprint density at radius 1 is 0.897 bits per heavy atom. The van der Waals surface area contributed by atoms with Crippen molar-refractivity contribution in [3.8, 4) is 0 Å². The van der Waals surface area contributed by atoms with E-state index in [1.165, 1.54) is 0 Å². The van der Waals surface area contributed by atoms with Gasteiger partial charge < -0.3 is 14.7 Å². The minimum Gasteiger partial charge on any atom is -0.452 e. The monoisotopic (exact) mass is 389 g/mol. The molecule has 3 rings (SSSR count). The summed E-state index contributed by atoms with van der Waals surface area (Å²) in [5, 5.41) is 9.09. The van der Waals surface area contributed by atoms with Gasteiger partial charge in [0, 0.05) is 5.69 Å². The van der Waals surface area contributed by atoms with Gasteiger partial charge in [0.15, 0.2) is 6.61 Å². The van der Waals surface area contributed by atoms with Crippen LogP contribution in [0.2, 0.25) is 0 Å². The minimum absolute atomic E-state index is 0.0985. The molecule has 0 heterocycles. The van der Waals surface area contributed by atoms with Crippen molar-refractivity contribution in [3.63, 3.8) is 0 Å². The number of hydrogen-bond donors (Lipinski definition) is 1. The van der Waals surface area contributed by atoms with E-state index in [1.807, 2.05) is 61.5 Å². The number of amides is 1. The van der Waals surface area contributed by atoms with Crippen molar-refractivity contribution in [2.45, 2.75) is 20.1 Å². The molecule has 3 aromatic carbocycles. The lowest BCUT2D eigenvalue weighted by molar-refractivity contribution is -0.121. The molecule has 1 amide bonds. The lowest BCUT2D eigenvalue weighted by Crippen LogP contribution is -2.34. The molecule has 0 aliphatic heterocycles. The molecule has 0 fully saturated rings. The molecule has 0 atom stereocenters. The summed E-state index contributed by atoms with van der Waals surface area (Å²) in [6.07, 6.45) is 0. The van der Waals surface area contributed by atoms with E-state index in [0.29, 0.717) is 17.7 Å². The highest BCUT2D eigenvalue weighted by atomic mass is 16.5. The average Bonchev–Trinajstić information content (AvgIpc) is 2.76. The van der Waals surface area contributed by atoms with Gasteiger partial charge >= 0.3 is 5.97 Å². The Bertz CT molecular complexity index is 968. The van der Waals surface area contributed by atoms with Crippen LogP contribution in [0.4, 0.5) is 5.69 Å². The van der Waals surface area contributed by atoms with Crippen molar-refractivity contribution in [1.82, 2.24) is 0 Å². The molecule has 148 valence electrons. The maximum absolute atomic E-state index is 12.9. The fourth-order valence-corrected chi connectivity index (χ4v) is 2.92. The lowest BCUT2D eigenvalue weighted by atomic mass is 10.1. The summed E-state index contributed by atoms with van der Waals surface area (Å²) in [5.41, 5.74) is 3.80. The van der Waals surface area contributed by atoms with E-state index < -0.39 is 5.97 Å². The summed E-state index contributed by atoms with van der Waals surface area (Å²) in [4.78, 5) is 26.8. The van der Waals surface area contributed by atoms with Crippen LogP contribution in [0.3, 0.4) is 0 Å². The van der Waals surface area contributed by atoms with Gasteiger partial charge in [-0.05, 0) is 47.9 Å². The Morgan fingerprint density at radius 2 is 1.62 bits per heavy atom. The normalized spacial score (nSPS) is 10.4. The van der Waals surface area contributed by atoms with Gasteiger partial charge in [-0.2, -0.15) is 0 Å². The van der Waals surface area contributed by atoms with Crippen LogP contribution < -0.4 is 4.90 Å². The molecule has 0 aliphatic rings. The molecule has 3 aromatic rings. The summed E-state index contributed by atoms with van der Waals surface area (Å²) in [7, 11) is 0. The Balaban J connectivity index is 1.72. The first-order chi connectivity index (χ1) is 14.1. The summed E-state index contributed by atoms with van der Waals surface area (Å²) < 4.78 is 5.24. The predicted molar refractivity (Wildman–Crippen MR) is 111 cm³/mol. The highest BCUT2D eigenvalue weighted by molar-refractivity contribution is 5.97. The number of carbonyl (C=O) groups excluding carboxylic acids is 2. The molecule has 0 unspecified atom stereocenters. The van der Waals surface area contributed by atoms with Crippen LogP contribution in [0.1, 0.15) is 27.0 Å². The van der Waals surface area contributed by atoms with Crippen LogP contribution in [-0.2, 0) is 22.7 Å². The first-order valence-corrected chi connectivity index (χ1v) is 9.34. The van der Waals surface area contributed by atoms with E-state index >= 15 is 0 Å². The van der Waals surface area contributed by atoms with Crippen molar-refractivity contribution < 1.29 is 19.4 Å². The largest absolute Gasteiger partial charge is 0.452 e. The van der Waals surface area contributed by atoms with E-state index in [9.17, 15) is 9.59 Å². The zero-order chi connectivity index (χ0) is 20.6. The highest BCUT2D eigenvalue weighted by Crippen LogP contribution is 2.19. The number of anilines is 1. The van der Waals surface area contributed by atoms with Crippen molar-refractivity contribution in [3.05, 3.63) is 101 Å². The van der Waals surface area contributed by atoms with E-state index in [4.69, 9.17) is 9.84 Å². The quantitative estimate of drug-likeness (QED) is 0.623. The maximum atomic E-state index is 12.9. The molecule has 0 saturated heterocycles. The van der Waals surface area contributed by atoms with Gasteiger partial charge in [-0.25, -0.2) is 4.79 Å². The van der Waals surface area contributed by atoms with Crippen LogP contribution in [0.5, 0.6) is 0 Å². The number of esters is 1. The summed E-state index contributed by atoms with van der Waals surface area (Å²) in [6.45, 7) is 1.89. The molecule has 1 N–H and O–H groups in total. The highest BCUT2D eigenvalue weighted by Gasteiger charge is 2.19. The molecule has 0 aliphatic carbocycles. The molecule has 0 bridgehead atoms. The number of hydrogen-bond acceptors (Lipinski definition) is 4. The second-order valence-corrected chi connectivity index (χ2v) is 6.74. The number of aliphatic hydroxyl groups excluding tert-OH is 1. The minimum atomic E-state index is -0.577. The number of rotatable bonds is 7.